The number of carboxylic acid groups (broad SMARTS) is 1. The summed E-state index contributed by atoms with van der Waals surface area (Å²) in [6.07, 6.45) is 4.62. The van der Waals surface area contributed by atoms with Crippen LogP contribution in [0.15, 0.2) is 18.2 Å². The van der Waals surface area contributed by atoms with Gasteiger partial charge in [0.2, 0.25) is 0 Å². The monoisotopic (exact) mass is 272 g/mol. The van der Waals surface area contributed by atoms with E-state index in [-0.39, 0.29) is 0 Å². The molecule has 106 valence electrons. The SMILES string of the molecule is Cc1nn(C)c2ccc(C3(C(=O)O)CCCCC3)cc12. The average Bonchev–Trinajstić information content (AvgIpc) is 2.74. The molecule has 0 amide bonds. The molecule has 3 rings (SSSR count). The Labute approximate surface area is 118 Å². The van der Waals surface area contributed by atoms with Crippen molar-refractivity contribution < 1.29 is 9.90 Å². The van der Waals surface area contributed by atoms with Gasteiger partial charge in [-0.05, 0) is 37.5 Å². The van der Waals surface area contributed by atoms with E-state index in [1.807, 2.05) is 36.9 Å². The van der Waals surface area contributed by atoms with E-state index in [4.69, 9.17) is 0 Å². The number of carbonyl (C=O) groups is 1. The molecule has 1 saturated carbocycles. The molecule has 0 radical (unpaired) electrons. The lowest BCUT2D eigenvalue weighted by Crippen LogP contribution is -2.37. The van der Waals surface area contributed by atoms with E-state index in [9.17, 15) is 9.90 Å². The largest absolute Gasteiger partial charge is 0.481 e. The maximum atomic E-state index is 11.9. The van der Waals surface area contributed by atoms with Gasteiger partial charge in [-0.15, -0.1) is 0 Å². The fourth-order valence-corrected chi connectivity index (χ4v) is 3.52. The van der Waals surface area contributed by atoms with Gasteiger partial charge < -0.3 is 5.11 Å². The highest BCUT2D eigenvalue weighted by atomic mass is 16.4. The fourth-order valence-electron chi connectivity index (χ4n) is 3.52. The number of fused-ring (bicyclic) bond motifs is 1. The zero-order chi connectivity index (χ0) is 14.3. The quantitative estimate of drug-likeness (QED) is 0.913. The lowest BCUT2D eigenvalue weighted by atomic mass is 9.69. The second-order valence-electron chi connectivity index (χ2n) is 5.89. The number of aryl methyl sites for hydroxylation is 2. The van der Waals surface area contributed by atoms with Gasteiger partial charge in [0.05, 0.1) is 16.6 Å². The molecule has 0 unspecified atom stereocenters. The highest BCUT2D eigenvalue weighted by molar-refractivity contribution is 5.87. The van der Waals surface area contributed by atoms with Crippen LogP contribution in [0.1, 0.15) is 43.4 Å². The van der Waals surface area contributed by atoms with Crippen LogP contribution >= 0.6 is 0 Å². The summed E-state index contributed by atoms with van der Waals surface area (Å²) in [7, 11) is 1.92. The van der Waals surface area contributed by atoms with E-state index in [0.29, 0.717) is 0 Å². The van der Waals surface area contributed by atoms with Crippen LogP contribution in [0.25, 0.3) is 10.9 Å². The number of hydrogen-bond acceptors (Lipinski definition) is 2. The van der Waals surface area contributed by atoms with Crippen molar-refractivity contribution >= 4 is 16.9 Å². The molecule has 0 spiro atoms. The first-order valence-corrected chi connectivity index (χ1v) is 7.22. The third-order valence-corrected chi connectivity index (χ3v) is 4.70. The maximum absolute atomic E-state index is 11.9. The van der Waals surface area contributed by atoms with Crippen LogP contribution in [0.2, 0.25) is 0 Å². The highest BCUT2D eigenvalue weighted by Gasteiger charge is 2.41. The Bertz CT molecular complexity index is 666. The summed E-state index contributed by atoms with van der Waals surface area (Å²) in [5.41, 5.74) is 2.26. The van der Waals surface area contributed by atoms with Gasteiger partial charge in [0, 0.05) is 12.4 Å². The van der Waals surface area contributed by atoms with Crippen molar-refractivity contribution in [2.45, 2.75) is 44.4 Å². The molecule has 1 fully saturated rings. The standard InChI is InChI=1S/C16H20N2O2/c1-11-13-10-12(6-7-14(13)18(2)17-11)16(15(19)20)8-4-3-5-9-16/h6-7,10H,3-5,8-9H2,1-2H3,(H,19,20). The van der Waals surface area contributed by atoms with E-state index >= 15 is 0 Å². The van der Waals surface area contributed by atoms with Crippen LogP contribution in [0, 0.1) is 6.92 Å². The molecule has 2 aromatic rings. The molecule has 0 aliphatic heterocycles. The number of hydrogen-bond donors (Lipinski definition) is 1. The van der Waals surface area contributed by atoms with Gasteiger partial charge in [-0.2, -0.15) is 5.10 Å². The molecule has 1 aliphatic rings. The molecule has 0 bridgehead atoms. The average molecular weight is 272 g/mol. The summed E-state index contributed by atoms with van der Waals surface area (Å²) in [6, 6.07) is 6.02. The summed E-state index contributed by atoms with van der Waals surface area (Å²) >= 11 is 0. The van der Waals surface area contributed by atoms with Crippen molar-refractivity contribution in [1.82, 2.24) is 9.78 Å². The first kappa shape index (κ1) is 13.2. The number of nitrogens with zero attached hydrogens (tertiary/aromatic N) is 2. The van der Waals surface area contributed by atoms with Gasteiger partial charge in [0.1, 0.15) is 0 Å². The molecule has 4 nitrogen and oxygen atoms in total. The predicted octanol–water partition coefficient (Wildman–Crippen LogP) is 3.17. The second kappa shape index (κ2) is 4.62. The number of benzene rings is 1. The third-order valence-electron chi connectivity index (χ3n) is 4.70. The number of rotatable bonds is 2. The first-order chi connectivity index (χ1) is 9.54. The molecular formula is C16H20N2O2. The van der Waals surface area contributed by atoms with Crippen molar-refractivity contribution in [1.29, 1.82) is 0 Å². The Balaban J connectivity index is 2.16. The van der Waals surface area contributed by atoms with Crippen LogP contribution in [0.3, 0.4) is 0 Å². The molecule has 1 aromatic heterocycles. The van der Waals surface area contributed by atoms with E-state index in [0.717, 1.165) is 54.3 Å². The van der Waals surface area contributed by atoms with Crippen molar-refractivity contribution in [3.8, 4) is 0 Å². The minimum atomic E-state index is -0.700. The summed E-state index contributed by atoms with van der Waals surface area (Å²) in [4.78, 5) is 11.9. The molecule has 1 N–H and O–H groups in total. The molecule has 1 heterocycles. The van der Waals surface area contributed by atoms with Crippen molar-refractivity contribution in [3.63, 3.8) is 0 Å². The number of carboxylic acids is 1. The van der Waals surface area contributed by atoms with Crippen LogP contribution < -0.4 is 0 Å². The van der Waals surface area contributed by atoms with Gasteiger partial charge in [0.15, 0.2) is 0 Å². The Morgan fingerprint density at radius 3 is 2.65 bits per heavy atom. The van der Waals surface area contributed by atoms with Gasteiger partial charge in [-0.25, -0.2) is 0 Å². The minimum Gasteiger partial charge on any atom is -0.481 e. The van der Waals surface area contributed by atoms with Gasteiger partial charge in [-0.3, -0.25) is 9.48 Å². The highest BCUT2D eigenvalue weighted by Crippen LogP contribution is 2.40. The number of aromatic nitrogens is 2. The lowest BCUT2D eigenvalue weighted by molar-refractivity contribution is -0.145. The van der Waals surface area contributed by atoms with Crippen LogP contribution in [-0.4, -0.2) is 20.9 Å². The molecular weight excluding hydrogens is 252 g/mol. The van der Waals surface area contributed by atoms with Gasteiger partial charge in [-0.1, -0.05) is 25.3 Å². The molecule has 20 heavy (non-hydrogen) atoms. The zero-order valence-electron chi connectivity index (χ0n) is 12.0. The van der Waals surface area contributed by atoms with Gasteiger partial charge in [0.25, 0.3) is 0 Å². The Hall–Kier alpha value is -1.84. The molecule has 0 atom stereocenters. The van der Waals surface area contributed by atoms with Crippen molar-refractivity contribution in [2.24, 2.45) is 7.05 Å². The lowest BCUT2D eigenvalue weighted by Gasteiger charge is -2.33. The molecule has 1 aliphatic carbocycles. The van der Waals surface area contributed by atoms with E-state index in [1.165, 1.54) is 0 Å². The van der Waals surface area contributed by atoms with Crippen LogP contribution in [0.4, 0.5) is 0 Å². The molecule has 4 heteroatoms. The van der Waals surface area contributed by atoms with Crippen molar-refractivity contribution in [3.05, 3.63) is 29.5 Å². The topological polar surface area (TPSA) is 55.1 Å². The Morgan fingerprint density at radius 1 is 1.30 bits per heavy atom. The van der Waals surface area contributed by atoms with Crippen LogP contribution in [-0.2, 0) is 17.3 Å². The van der Waals surface area contributed by atoms with Gasteiger partial charge >= 0.3 is 5.97 Å². The molecule has 0 saturated heterocycles. The van der Waals surface area contributed by atoms with E-state index in [1.54, 1.807) is 0 Å². The normalized spacial score (nSPS) is 18.3. The first-order valence-electron chi connectivity index (χ1n) is 7.22. The maximum Gasteiger partial charge on any atom is 0.314 e. The van der Waals surface area contributed by atoms with Crippen LogP contribution in [0.5, 0.6) is 0 Å². The minimum absolute atomic E-state index is 0.682. The predicted molar refractivity (Wildman–Crippen MR) is 77.8 cm³/mol. The summed E-state index contributed by atoms with van der Waals surface area (Å²) < 4.78 is 1.85. The summed E-state index contributed by atoms with van der Waals surface area (Å²) in [5.74, 6) is -0.682. The number of aliphatic carboxylic acids is 1. The van der Waals surface area contributed by atoms with Crippen molar-refractivity contribution in [2.75, 3.05) is 0 Å². The third kappa shape index (κ3) is 1.82. The summed E-state index contributed by atoms with van der Waals surface area (Å²) in [5, 5.41) is 15.2. The Kier molecular flexibility index (Phi) is 3.04. The zero-order valence-corrected chi connectivity index (χ0v) is 12.0. The summed E-state index contributed by atoms with van der Waals surface area (Å²) in [6.45, 7) is 1.97. The molecule has 1 aromatic carbocycles. The smallest absolute Gasteiger partial charge is 0.314 e. The Morgan fingerprint density at radius 2 is 2.00 bits per heavy atom. The van der Waals surface area contributed by atoms with E-state index < -0.39 is 11.4 Å². The second-order valence-corrected chi connectivity index (χ2v) is 5.89. The fraction of sp³-hybridized carbons (Fsp3) is 0.500. The van der Waals surface area contributed by atoms with E-state index in [2.05, 4.69) is 5.10 Å².